The Morgan fingerprint density at radius 2 is 2.28 bits per heavy atom. The molecule has 3 heterocycles. The monoisotopic (exact) mass is 244 g/mol. The van der Waals surface area contributed by atoms with Gasteiger partial charge in [0.25, 0.3) is 0 Å². The number of pyridine rings is 1. The molecule has 1 aliphatic rings. The SMILES string of the molecule is Nc1cc2c(C3CCC(=O)NC3=O)cccn2n1. The van der Waals surface area contributed by atoms with Crippen LogP contribution in [0.15, 0.2) is 24.4 Å². The van der Waals surface area contributed by atoms with E-state index in [9.17, 15) is 9.59 Å². The Kier molecular flexibility index (Phi) is 2.29. The molecule has 6 heteroatoms. The summed E-state index contributed by atoms with van der Waals surface area (Å²) in [6, 6.07) is 5.42. The van der Waals surface area contributed by atoms with Crippen LogP contribution in [0.5, 0.6) is 0 Å². The predicted molar refractivity (Wildman–Crippen MR) is 64.7 cm³/mol. The minimum Gasteiger partial charge on any atom is -0.382 e. The molecular formula is C12H12N4O2. The summed E-state index contributed by atoms with van der Waals surface area (Å²) in [5.41, 5.74) is 7.32. The van der Waals surface area contributed by atoms with Crippen LogP contribution in [0.3, 0.4) is 0 Å². The molecular weight excluding hydrogens is 232 g/mol. The first-order valence-electron chi connectivity index (χ1n) is 5.72. The van der Waals surface area contributed by atoms with E-state index in [1.807, 2.05) is 12.1 Å². The van der Waals surface area contributed by atoms with Gasteiger partial charge in [0.15, 0.2) is 0 Å². The van der Waals surface area contributed by atoms with Crippen LogP contribution >= 0.6 is 0 Å². The molecule has 0 bridgehead atoms. The van der Waals surface area contributed by atoms with E-state index in [2.05, 4.69) is 10.4 Å². The Morgan fingerprint density at radius 3 is 3.06 bits per heavy atom. The molecule has 0 radical (unpaired) electrons. The number of hydrogen-bond acceptors (Lipinski definition) is 4. The number of piperidine rings is 1. The average molecular weight is 244 g/mol. The number of aromatic nitrogens is 2. The molecule has 6 nitrogen and oxygen atoms in total. The lowest BCUT2D eigenvalue weighted by molar-refractivity contribution is -0.134. The van der Waals surface area contributed by atoms with Gasteiger partial charge in [0.05, 0.1) is 11.4 Å². The molecule has 1 fully saturated rings. The Morgan fingerprint density at radius 1 is 1.44 bits per heavy atom. The van der Waals surface area contributed by atoms with E-state index in [-0.39, 0.29) is 17.7 Å². The molecule has 0 spiro atoms. The van der Waals surface area contributed by atoms with Crippen molar-refractivity contribution in [3.8, 4) is 0 Å². The standard InChI is InChI=1S/C12H12N4O2/c13-10-6-9-7(2-1-5-16(9)15-10)8-3-4-11(17)14-12(8)18/h1-2,5-6,8H,3-4H2,(H2,13,15)(H,14,17,18). The van der Waals surface area contributed by atoms with E-state index in [1.54, 1.807) is 16.8 Å². The molecule has 0 aliphatic carbocycles. The maximum Gasteiger partial charge on any atom is 0.234 e. The Bertz CT molecular complexity index is 647. The summed E-state index contributed by atoms with van der Waals surface area (Å²) in [4.78, 5) is 23.0. The second-order valence-electron chi connectivity index (χ2n) is 4.37. The van der Waals surface area contributed by atoms with Gasteiger partial charge in [-0.25, -0.2) is 4.52 Å². The van der Waals surface area contributed by atoms with Crippen molar-refractivity contribution in [3.63, 3.8) is 0 Å². The zero-order valence-corrected chi connectivity index (χ0v) is 9.59. The van der Waals surface area contributed by atoms with E-state index in [0.29, 0.717) is 18.7 Å². The Labute approximate surface area is 103 Å². The van der Waals surface area contributed by atoms with Gasteiger partial charge in [-0.15, -0.1) is 0 Å². The maximum atomic E-state index is 11.9. The van der Waals surface area contributed by atoms with Gasteiger partial charge in [-0.1, -0.05) is 6.07 Å². The van der Waals surface area contributed by atoms with E-state index in [0.717, 1.165) is 11.1 Å². The zero-order chi connectivity index (χ0) is 12.7. The molecule has 1 aliphatic heterocycles. The van der Waals surface area contributed by atoms with Crippen LogP contribution in [0.25, 0.3) is 5.52 Å². The molecule has 3 rings (SSSR count). The molecule has 3 N–H and O–H groups in total. The number of nitrogens with zero attached hydrogens (tertiary/aromatic N) is 2. The van der Waals surface area contributed by atoms with Crippen molar-refractivity contribution in [2.24, 2.45) is 0 Å². The molecule has 2 aromatic rings. The molecule has 18 heavy (non-hydrogen) atoms. The number of imide groups is 1. The second-order valence-corrected chi connectivity index (χ2v) is 4.37. The number of anilines is 1. The first-order valence-corrected chi connectivity index (χ1v) is 5.72. The number of nitrogen functional groups attached to an aromatic ring is 1. The van der Waals surface area contributed by atoms with E-state index < -0.39 is 0 Å². The average Bonchev–Trinajstić information content (AvgIpc) is 2.69. The number of rotatable bonds is 1. The fourth-order valence-electron chi connectivity index (χ4n) is 2.34. The normalized spacial score (nSPS) is 20.1. The van der Waals surface area contributed by atoms with Crippen LogP contribution < -0.4 is 11.1 Å². The van der Waals surface area contributed by atoms with Crippen molar-refractivity contribution in [3.05, 3.63) is 30.0 Å². The maximum absolute atomic E-state index is 11.9. The van der Waals surface area contributed by atoms with Gasteiger partial charge in [0, 0.05) is 18.7 Å². The smallest absolute Gasteiger partial charge is 0.234 e. The quantitative estimate of drug-likeness (QED) is 0.712. The summed E-state index contributed by atoms with van der Waals surface area (Å²) in [7, 11) is 0. The van der Waals surface area contributed by atoms with Crippen molar-refractivity contribution in [1.82, 2.24) is 14.9 Å². The first kappa shape index (κ1) is 10.8. The summed E-state index contributed by atoms with van der Waals surface area (Å²) >= 11 is 0. The number of nitrogens with one attached hydrogen (secondary N) is 1. The van der Waals surface area contributed by atoms with Gasteiger partial charge in [-0.05, 0) is 18.1 Å². The summed E-state index contributed by atoms with van der Waals surface area (Å²) < 4.78 is 1.65. The van der Waals surface area contributed by atoms with Crippen LogP contribution in [0.2, 0.25) is 0 Å². The zero-order valence-electron chi connectivity index (χ0n) is 9.59. The second kappa shape index (κ2) is 3.83. The highest BCUT2D eigenvalue weighted by atomic mass is 16.2. The third-order valence-electron chi connectivity index (χ3n) is 3.17. The highest BCUT2D eigenvalue weighted by Gasteiger charge is 2.29. The van der Waals surface area contributed by atoms with Gasteiger partial charge in [0.2, 0.25) is 11.8 Å². The van der Waals surface area contributed by atoms with Gasteiger partial charge in [0.1, 0.15) is 5.82 Å². The topological polar surface area (TPSA) is 89.5 Å². The molecule has 1 saturated heterocycles. The van der Waals surface area contributed by atoms with E-state index >= 15 is 0 Å². The lowest BCUT2D eigenvalue weighted by Crippen LogP contribution is -2.39. The first-order chi connectivity index (χ1) is 8.65. The third-order valence-corrected chi connectivity index (χ3v) is 3.17. The molecule has 92 valence electrons. The number of fused-ring (bicyclic) bond motifs is 1. The van der Waals surface area contributed by atoms with Crippen molar-refractivity contribution in [2.45, 2.75) is 18.8 Å². The minimum atomic E-state index is -0.317. The number of nitrogens with two attached hydrogens (primary N) is 1. The molecule has 0 aromatic carbocycles. The van der Waals surface area contributed by atoms with Crippen LogP contribution in [0, 0.1) is 0 Å². The molecule has 0 saturated carbocycles. The predicted octanol–water partition coefficient (Wildman–Crippen LogP) is 0.437. The Hall–Kier alpha value is -2.37. The minimum absolute atomic E-state index is 0.212. The summed E-state index contributed by atoms with van der Waals surface area (Å²) in [6.45, 7) is 0. The fourth-order valence-corrected chi connectivity index (χ4v) is 2.34. The molecule has 2 aromatic heterocycles. The van der Waals surface area contributed by atoms with Crippen molar-refractivity contribution >= 4 is 23.1 Å². The highest BCUT2D eigenvalue weighted by molar-refractivity contribution is 6.01. The molecule has 2 amide bonds. The third kappa shape index (κ3) is 1.62. The van der Waals surface area contributed by atoms with Crippen molar-refractivity contribution in [1.29, 1.82) is 0 Å². The van der Waals surface area contributed by atoms with Crippen molar-refractivity contribution < 1.29 is 9.59 Å². The Balaban J connectivity index is 2.08. The van der Waals surface area contributed by atoms with E-state index in [1.165, 1.54) is 0 Å². The molecule has 1 atom stereocenters. The number of amides is 2. The van der Waals surface area contributed by atoms with Gasteiger partial charge < -0.3 is 5.73 Å². The summed E-state index contributed by atoms with van der Waals surface area (Å²) in [5, 5.41) is 6.46. The number of hydrogen-bond donors (Lipinski definition) is 2. The largest absolute Gasteiger partial charge is 0.382 e. The van der Waals surface area contributed by atoms with Gasteiger partial charge in [-0.3, -0.25) is 14.9 Å². The fraction of sp³-hybridized carbons (Fsp3) is 0.250. The molecule has 1 unspecified atom stereocenters. The highest BCUT2D eigenvalue weighted by Crippen LogP contribution is 2.28. The van der Waals surface area contributed by atoms with Gasteiger partial charge >= 0.3 is 0 Å². The van der Waals surface area contributed by atoms with Crippen LogP contribution in [0.1, 0.15) is 24.3 Å². The lowest BCUT2D eigenvalue weighted by atomic mass is 9.90. The van der Waals surface area contributed by atoms with Crippen LogP contribution in [0.4, 0.5) is 5.82 Å². The summed E-state index contributed by atoms with van der Waals surface area (Å²) in [6.07, 6.45) is 2.66. The van der Waals surface area contributed by atoms with Crippen LogP contribution in [-0.4, -0.2) is 21.4 Å². The van der Waals surface area contributed by atoms with Crippen LogP contribution in [-0.2, 0) is 9.59 Å². The van der Waals surface area contributed by atoms with Gasteiger partial charge in [-0.2, -0.15) is 5.10 Å². The lowest BCUT2D eigenvalue weighted by Gasteiger charge is -2.21. The van der Waals surface area contributed by atoms with Crippen molar-refractivity contribution in [2.75, 3.05) is 5.73 Å². The summed E-state index contributed by atoms with van der Waals surface area (Å²) in [5.74, 6) is -0.368. The number of carbonyl (C=O) groups excluding carboxylic acids is 2. The number of carbonyl (C=O) groups is 2. The van der Waals surface area contributed by atoms with E-state index in [4.69, 9.17) is 5.73 Å².